The Hall–Kier alpha value is -1.81. The maximum atomic E-state index is 5.21. The van der Waals surface area contributed by atoms with E-state index in [0.29, 0.717) is 0 Å². The molecule has 0 aliphatic carbocycles. The van der Waals surface area contributed by atoms with E-state index in [-0.39, 0.29) is 0 Å². The molecule has 1 aliphatic heterocycles. The number of nitrogens with one attached hydrogen (secondary N) is 2. The number of aryl methyl sites for hydroxylation is 1. The van der Waals surface area contributed by atoms with Crippen molar-refractivity contribution >= 4 is 0 Å². The molecule has 1 aromatic heterocycles. The number of rotatable bonds is 6. The second-order valence-electron chi connectivity index (χ2n) is 6.11. The van der Waals surface area contributed by atoms with Crippen LogP contribution in [0.4, 0.5) is 0 Å². The fourth-order valence-electron chi connectivity index (χ4n) is 3.19. The van der Waals surface area contributed by atoms with Gasteiger partial charge in [0.05, 0.1) is 12.8 Å². The standard InChI is InChI=1S/C18H25N3O/c1-22-17-5-2-15(3-6-17)12-16-13-20-21-18(16)7-4-14-8-10-19-11-9-14/h2-3,5-6,13-14,19H,4,7-12H2,1H3,(H,20,21). The van der Waals surface area contributed by atoms with E-state index in [1.807, 2.05) is 18.3 Å². The third kappa shape index (κ3) is 3.89. The van der Waals surface area contributed by atoms with Crippen LogP contribution in [0.3, 0.4) is 0 Å². The maximum Gasteiger partial charge on any atom is 0.118 e. The van der Waals surface area contributed by atoms with E-state index in [2.05, 4.69) is 27.6 Å². The molecule has 2 N–H and O–H groups in total. The molecule has 0 saturated carbocycles. The summed E-state index contributed by atoms with van der Waals surface area (Å²) in [6, 6.07) is 8.29. The lowest BCUT2D eigenvalue weighted by molar-refractivity contribution is 0.353. The Morgan fingerprint density at radius 1 is 1.18 bits per heavy atom. The van der Waals surface area contributed by atoms with Gasteiger partial charge in [-0.2, -0.15) is 5.10 Å². The molecule has 1 aliphatic rings. The first-order valence-corrected chi connectivity index (χ1v) is 8.20. The van der Waals surface area contributed by atoms with Crippen LogP contribution in [-0.2, 0) is 12.8 Å². The second-order valence-corrected chi connectivity index (χ2v) is 6.11. The highest BCUT2D eigenvalue weighted by Crippen LogP contribution is 2.21. The van der Waals surface area contributed by atoms with Crippen molar-refractivity contribution in [2.24, 2.45) is 5.92 Å². The molecule has 0 spiro atoms. The zero-order valence-electron chi connectivity index (χ0n) is 13.3. The average Bonchev–Trinajstić information content (AvgIpc) is 3.02. The molecule has 3 rings (SSSR count). The number of hydrogen-bond acceptors (Lipinski definition) is 3. The first-order chi connectivity index (χ1) is 10.8. The smallest absolute Gasteiger partial charge is 0.118 e. The van der Waals surface area contributed by atoms with Gasteiger partial charge in [-0.1, -0.05) is 12.1 Å². The van der Waals surface area contributed by atoms with Crippen LogP contribution in [0.25, 0.3) is 0 Å². The lowest BCUT2D eigenvalue weighted by atomic mass is 9.91. The molecule has 118 valence electrons. The topological polar surface area (TPSA) is 49.9 Å². The Labute approximate surface area is 132 Å². The summed E-state index contributed by atoms with van der Waals surface area (Å²) >= 11 is 0. The zero-order chi connectivity index (χ0) is 15.2. The highest BCUT2D eigenvalue weighted by Gasteiger charge is 2.15. The minimum absolute atomic E-state index is 0.854. The van der Waals surface area contributed by atoms with Gasteiger partial charge in [0.1, 0.15) is 5.75 Å². The van der Waals surface area contributed by atoms with E-state index in [4.69, 9.17) is 4.74 Å². The van der Waals surface area contributed by atoms with E-state index in [0.717, 1.165) is 24.5 Å². The molecule has 2 heterocycles. The molecule has 4 heteroatoms. The van der Waals surface area contributed by atoms with E-state index in [1.165, 1.54) is 49.2 Å². The summed E-state index contributed by atoms with van der Waals surface area (Å²) < 4.78 is 5.21. The van der Waals surface area contributed by atoms with Crippen molar-refractivity contribution in [2.75, 3.05) is 20.2 Å². The first kappa shape index (κ1) is 15.1. The fraction of sp³-hybridized carbons (Fsp3) is 0.500. The number of piperidine rings is 1. The molecule has 4 nitrogen and oxygen atoms in total. The predicted octanol–water partition coefficient (Wildman–Crippen LogP) is 2.94. The van der Waals surface area contributed by atoms with Crippen LogP contribution in [-0.4, -0.2) is 30.4 Å². The largest absolute Gasteiger partial charge is 0.497 e. The summed E-state index contributed by atoms with van der Waals surface area (Å²) in [7, 11) is 1.70. The van der Waals surface area contributed by atoms with Gasteiger partial charge in [0, 0.05) is 12.6 Å². The summed E-state index contributed by atoms with van der Waals surface area (Å²) in [4.78, 5) is 0. The third-order valence-electron chi connectivity index (χ3n) is 4.61. The number of ether oxygens (including phenoxy) is 1. The van der Waals surface area contributed by atoms with Gasteiger partial charge in [-0.05, 0) is 68.0 Å². The lowest BCUT2D eigenvalue weighted by Crippen LogP contribution is -2.27. The minimum Gasteiger partial charge on any atom is -0.497 e. The van der Waals surface area contributed by atoms with Gasteiger partial charge >= 0.3 is 0 Å². The molecule has 0 amide bonds. The molecule has 22 heavy (non-hydrogen) atoms. The van der Waals surface area contributed by atoms with Gasteiger partial charge in [-0.25, -0.2) is 0 Å². The summed E-state index contributed by atoms with van der Waals surface area (Å²) in [5, 5.41) is 10.9. The number of benzene rings is 1. The second kappa shape index (κ2) is 7.45. The third-order valence-corrected chi connectivity index (χ3v) is 4.61. The number of aromatic amines is 1. The molecule has 1 saturated heterocycles. The zero-order valence-corrected chi connectivity index (χ0v) is 13.3. The maximum absolute atomic E-state index is 5.21. The molecule has 1 fully saturated rings. The Kier molecular flexibility index (Phi) is 5.11. The van der Waals surface area contributed by atoms with Crippen molar-refractivity contribution < 1.29 is 4.74 Å². The van der Waals surface area contributed by atoms with Crippen molar-refractivity contribution in [3.05, 3.63) is 47.3 Å². The SMILES string of the molecule is COc1ccc(Cc2c[nH]nc2CCC2CCNCC2)cc1. The van der Waals surface area contributed by atoms with Gasteiger partial charge in [-0.3, -0.25) is 5.10 Å². The van der Waals surface area contributed by atoms with Gasteiger partial charge < -0.3 is 10.1 Å². The molecular weight excluding hydrogens is 274 g/mol. The predicted molar refractivity (Wildman–Crippen MR) is 88.3 cm³/mol. The quantitative estimate of drug-likeness (QED) is 0.862. The number of nitrogens with zero attached hydrogens (tertiary/aromatic N) is 1. The summed E-state index contributed by atoms with van der Waals surface area (Å²) in [6.45, 7) is 2.34. The first-order valence-electron chi connectivity index (χ1n) is 8.20. The van der Waals surface area contributed by atoms with Crippen molar-refractivity contribution in [3.8, 4) is 5.75 Å². The summed E-state index contributed by atoms with van der Waals surface area (Å²) in [5.41, 5.74) is 3.85. The van der Waals surface area contributed by atoms with Crippen molar-refractivity contribution in [2.45, 2.75) is 32.1 Å². The summed E-state index contributed by atoms with van der Waals surface area (Å²) in [6.07, 6.45) is 7.92. The number of methoxy groups -OCH3 is 1. The molecule has 0 bridgehead atoms. The average molecular weight is 299 g/mol. The highest BCUT2D eigenvalue weighted by molar-refractivity contribution is 5.32. The van der Waals surface area contributed by atoms with E-state index in [1.54, 1.807) is 7.11 Å². The molecule has 0 atom stereocenters. The monoisotopic (exact) mass is 299 g/mol. The van der Waals surface area contributed by atoms with Crippen LogP contribution in [0.1, 0.15) is 36.1 Å². The number of hydrogen-bond donors (Lipinski definition) is 2. The Bertz CT molecular complexity index is 570. The van der Waals surface area contributed by atoms with E-state index in [9.17, 15) is 0 Å². The van der Waals surface area contributed by atoms with E-state index >= 15 is 0 Å². The number of aromatic nitrogens is 2. The van der Waals surface area contributed by atoms with Gasteiger partial charge in [0.2, 0.25) is 0 Å². The van der Waals surface area contributed by atoms with Crippen molar-refractivity contribution in [1.29, 1.82) is 0 Å². The Balaban J connectivity index is 1.58. The van der Waals surface area contributed by atoms with Crippen LogP contribution < -0.4 is 10.1 Å². The molecule has 0 radical (unpaired) electrons. The van der Waals surface area contributed by atoms with Gasteiger partial charge in [-0.15, -0.1) is 0 Å². The highest BCUT2D eigenvalue weighted by atomic mass is 16.5. The van der Waals surface area contributed by atoms with Gasteiger partial charge in [0.25, 0.3) is 0 Å². The molecule has 0 unspecified atom stereocenters. The lowest BCUT2D eigenvalue weighted by Gasteiger charge is -2.22. The molecule has 1 aromatic carbocycles. The normalized spacial score (nSPS) is 15.9. The fourth-order valence-corrected chi connectivity index (χ4v) is 3.19. The van der Waals surface area contributed by atoms with Gasteiger partial charge in [0.15, 0.2) is 0 Å². The van der Waals surface area contributed by atoms with Crippen LogP contribution >= 0.6 is 0 Å². The van der Waals surface area contributed by atoms with Crippen LogP contribution in [0, 0.1) is 5.92 Å². The van der Waals surface area contributed by atoms with Crippen LogP contribution in [0.2, 0.25) is 0 Å². The Morgan fingerprint density at radius 2 is 1.95 bits per heavy atom. The van der Waals surface area contributed by atoms with Crippen LogP contribution in [0.5, 0.6) is 5.75 Å². The minimum atomic E-state index is 0.854. The number of H-pyrrole nitrogens is 1. The van der Waals surface area contributed by atoms with Crippen molar-refractivity contribution in [3.63, 3.8) is 0 Å². The van der Waals surface area contributed by atoms with Crippen molar-refractivity contribution in [1.82, 2.24) is 15.5 Å². The molecule has 2 aromatic rings. The summed E-state index contributed by atoms with van der Waals surface area (Å²) in [5.74, 6) is 1.76. The Morgan fingerprint density at radius 3 is 2.68 bits per heavy atom. The van der Waals surface area contributed by atoms with E-state index < -0.39 is 0 Å². The van der Waals surface area contributed by atoms with Crippen LogP contribution in [0.15, 0.2) is 30.5 Å². The molecular formula is C18H25N3O.